The zero-order chi connectivity index (χ0) is 19.3. The molecule has 1 atom stereocenters. The number of aryl methyl sites for hydroxylation is 1. The summed E-state index contributed by atoms with van der Waals surface area (Å²) in [5.74, 6) is 1.04. The summed E-state index contributed by atoms with van der Waals surface area (Å²) in [6, 6.07) is 9.06. The Morgan fingerprint density at radius 2 is 2.18 bits per heavy atom. The normalized spacial score (nSPS) is 16.5. The first-order valence-corrected chi connectivity index (χ1v) is 9.54. The van der Waals surface area contributed by atoms with Crippen molar-refractivity contribution in [2.45, 2.75) is 32.4 Å². The molecular weight excluding hydrogens is 358 g/mol. The minimum absolute atomic E-state index is 0.0807. The minimum Gasteiger partial charge on any atom is -0.381 e. The maximum atomic E-state index is 12.5. The minimum atomic E-state index is -0.0915. The predicted octanol–water partition coefficient (Wildman–Crippen LogP) is 2.05. The number of anilines is 1. The van der Waals surface area contributed by atoms with Gasteiger partial charge in [0.15, 0.2) is 0 Å². The van der Waals surface area contributed by atoms with Gasteiger partial charge in [0.2, 0.25) is 5.91 Å². The number of amides is 1. The van der Waals surface area contributed by atoms with Crippen LogP contribution in [-0.4, -0.2) is 38.5 Å². The molecule has 1 aliphatic rings. The first-order valence-electron chi connectivity index (χ1n) is 9.54. The van der Waals surface area contributed by atoms with Crippen LogP contribution in [0.2, 0.25) is 0 Å². The monoisotopic (exact) mass is 381 g/mol. The van der Waals surface area contributed by atoms with E-state index >= 15 is 0 Å². The molecule has 0 spiro atoms. The summed E-state index contributed by atoms with van der Waals surface area (Å²) >= 11 is 0. The summed E-state index contributed by atoms with van der Waals surface area (Å²) in [6.45, 7) is 2.71. The molecule has 0 saturated carbocycles. The molecule has 1 saturated heterocycles. The van der Waals surface area contributed by atoms with E-state index in [1.807, 2.05) is 22.9 Å². The SMILES string of the molecule is O=C(CCCn1cnc2ccccc2c1=O)Nc1ccnn1C[C@@H]1CCOC1. The van der Waals surface area contributed by atoms with Gasteiger partial charge in [0.05, 0.1) is 30.0 Å². The molecule has 0 radical (unpaired) electrons. The molecule has 1 aromatic carbocycles. The highest BCUT2D eigenvalue weighted by molar-refractivity contribution is 5.89. The van der Waals surface area contributed by atoms with Crippen molar-refractivity contribution in [2.24, 2.45) is 5.92 Å². The van der Waals surface area contributed by atoms with Crippen molar-refractivity contribution < 1.29 is 9.53 Å². The maximum Gasteiger partial charge on any atom is 0.261 e. The zero-order valence-electron chi connectivity index (χ0n) is 15.6. The molecule has 3 aromatic rings. The van der Waals surface area contributed by atoms with Gasteiger partial charge in [0.25, 0.3) is 5.56 Å². The van der Waals surface area contributed by atoms with E-state index in [2.05, 4.69) is 15.4 Å². The van der Waals surface area contributed by atoms with Gasteiger partial charge in [0.1, 0.15) is 5.82 Å². The Balaban J connectivity index is 1.31. The molecule has 4 rings (SSSR count). The Labute approximate surface area is 162 Å². The van der Waals surface area contributed by atoms with E-state index in [1.54, 1.807) is 29.2 Å². The van der Waals surface area contributed by atoms with E-state index < -0.39 is 0 Å². The fourth-order valence-corrected chi connectivity index (χ4v) is 3.44. The first-order chi connectivity index (χ1) is 13.7. The third-order valence-corrected chi connectivity index (χ3v) is 4.97. The lowest BCUT2D eigenvalue weighted by molar-refractivity contribution is -0.116. The zero-order valence-corrected chi connectivity index (χ0v) is 15.6. The Bertz CT molecular complexity index is 1020. The fraction of sp³-hybridized carbons (Fsp3) is 0.400. The van der Waals surface area contributed by atoms with E-state index in [0.29, 0.717) is 42.0 Å². The number of para-hydroxylation sites is 1. The lowest BCUT2D eigenvalue weighted by Crippen LogP contribution is -2.22. The van der Waals surface area contributed by atoms with E-state index in [9.17, 15) is 9.59 Å². The molecule has 2 aromatic heterocycles. The van der Waals surface area contributed by atoms with Gasteiger partial charge < -0.3 is 10.1 Å². The van der Waals surface area contributed by atoms with Crippen LogP contribution >= 0.6 is 0 Å². The van der Waals surface area contributed by atoms with Crippen molar-refractivity contribution in [1.29, 1.82) is 0 Å². The summed E-state index contributed by atoms with van der Waals surface area (Å²) in [6.07, 6.45) is 5.11. The first kappa shape index (κ1) is 18.4. The molecule has 8 nitrogen and oxygen atoms in total. The fourth-order valence-electron chi connectivity index (χ4n) is 3.44. The van der Waals surface area contributed by atoms with E-state index in [-0.39, 0.29) is 11.5 Å². The second-order valence-corrected chi connectivity index (χ2v) is 7.04. The highest BCUT2D eigenvalue weighted by Crippen LogP contribution is 2.17. The Morgan fingerprint density at radius 1 is 1.29 bits per heavy atom. The molecule has 0 aliphatic carbocycles. The lowest BCUT2D eigenvalue weighted by Gasteiger charge is -2.12. The topological polar surface area (TPSA) is 91.0 Å². The number of aromatic nitrogens is 4. The van der Waals surface area contributed by atoms with Gasteiger partial charge in [-0.25, -0.2) is 9.67 Å². The van der Waals surface area contributed by atoms with Gasteiger partial charge in [-0.1, -0.05) is 12.1 Å². The number of hydrogen-bond donors (Lipinski definition) is 1. The van der Waals surface area contributed by atoms with Crippen LogP contribution in [0.3, 0.4) is 0 Å². The summed E-state index contributed by atoms with van der Waals surface area (Å²) in [5.41, 5.74) is 0.602. The Morgan fingerprint density at radius 3 is 3.04 bits per heavy atom. The number of nitrogens with one attached hydrogen (secondary N) is 1. The summed E-state index contributed by atoms with van der Waals surface area (Å²) in [4.78, 5) is 29.1. The molecule has 146 valence electrons. The Hall–Kier alpha value is -3.00. The smallest absolute Gasteiger partial charge is 0.261 e. The molecule has 8 heteroatoms. The molecule has 1 N–H and O–H groups in total. The van der Waals surface area contributed by atoms with Gasteiger partial charge in [-0.3, -0.25) is 14.2 Å². The van der Waals surface area contributed by atoms with Gasteiger partial charge in [0, 0.05) is 38.1 Å². The summed E-state index contributed by atoms with van der Waals surface area (Å²) in [7, 11) is 0. The van der Waals surface area contributed by atoms with Crippen molar-refractivity contribution in [3.63, 3.8) is 0 Å². The van der Waals surface area contributed by atoms with Gasteiger partial charge in [-0.2, -0.15) is 5.10 Å². The largest absolute Gasteiger partial charge is 0.381 e. The van der Waals surface area contributed by atoms with E-state index in [4.69, 9.17) is 4.74 Å². The van der Waals surface area contributed by atoms with Crippen LogP contribution in [0.25, 0.3) is 10.9 Å². The second kappa shape index (κ2) is 8.35. The second-order valence-electron chi connectivity index (χ2n) is 7.04. The van der Waals surface area contributed by atoms with Crippen LogP contribution in [0.4, 0.5) is 5.82 Å². The van der Waals surface area contributed by atoms with Gasteiger partial charge in [-0.15, -0.1) is 0 Å². The third kappa shape index (κ3) is 4.12. The summed E-state index contributed by atoms with van der Waals surface area (Å²) in [5, 5.41) is 7.80. The number of rotatable bonds is 7. The molecule has 0 bridgehead atoms. The average Bonchev–Trinajstić information content (AvgIpc) is 3.37. The van der Waals surface area contributed by atoms with Crippen molar-refractivity contribution in [3.05, 3.63) is 53.2 Å². The van der Waals surface area contributed by atoms with Crippen LogP contribution in [0.15, 0.2) is 47.7 Å². The molecular formula is C20H23N5O3. The molecule has 28 heavy (non-hydrogen) atoms. The van der Waals surface area contributed by atoms with Crippen LogP contribution in [0.1, 0.15) is 19.3 Å². The van der Waals surface area contributed by atoms with E-state index in [0.717, 1.165) is 26.2 Å². The molecule has 1 amide bonds. The van der Waals surface area contributed by atoms with Gasteiger partial charge in [-0.05, 0) is 25.0 Å². The average molecular weight is 381 g/mol. The number of hydrogen-bond acceptors (Lipinski definition) is 5. The number of nitrogens with zero attached hydrogens (tertiary/aromatic N) is 4. The number of benzene rings is 1. The predicted molar refractivity (Wildman–Crippen MR) is 105 cm³/mol. The molecule has 0 unspecified atom stereocenters. The van der Waals surface area contributed by atoms with Crippen LogP contribution in [-0.2, 0) is 22.6 Å². The molecule has 1 aliphatic heterocycles. The van der Waals surface area contributed by atoms with Gasteiger partial charge >= 0.3 is 0 Å². The highest BCUT2D eigenvalue weighted by atomic mass is 16.5. The highest BCUT2D eigenvalue weighted by Gasteiger charge is 2.18. The molecule has 1 fully saturated rings. The maximum absolute atomic E-state index is 12.5. The van der Waals surface area contributed by atoms with E-state index in [1.165, 1.54) is 0 Å². The standard InChI is InChI=1S/C20H23N5O3/c26-19(23-18-7-9-22-25(18)12-15-8-11-28-13-15)6-3-10-24-14-21-17-5-2-1-4-16(17)20(24)27/h1-2,4-5,7,9,14-15H,3,6,8,10-13H2,(H,23,26)/t15-/m0/s1. The quantitative estimate of drug-likeness (QED) is 0.676. The number of fused-ring (bicyclic) bond motifs is 1. The third-order valence-electron chi connectivity index (χ3n) is 4.97. The summed E-state index contributed by atoms with van der Waals surface area (Å²) < 4.78 is 8.77. The number of carbonyl (C=O) groups is 1. The van der Waals surface area contributed by atoms with Crippen LogP contribution < -0.4 is 10.9 Å². The van der Waals surface area contributed by atoms with Crippen molar-refractivity contribution in [2.75, 3.05) is 18.5 Å². The van der Waals surface area contributed by atoms with Crippen LogP contribution in [0, 0.1) is 5.92 Å². The molecule has 3 heterocycles. The van der Waals surface area contributed by atoms with Crippen molar-refractivity contribution >= 4 is 22.6 Å². The number of carbonyl (C=O) groups excluding carboxylic acids is 1. The van der Waals surface area contributed by atoms with Crippen molar-refractivity contribution in [3.8, 4) is 0 Å². The Kier molecular flexibility index (Phi) is 5.48. The number of ether oxygens (including phenoxy) is 1. The van der Waals surface area contributed by atoms with Crippen molar-refractivity contribution in [1.82, 2.24) is 19.3 Å². The van der Waals surface area contributed by atoms with Crippen LogP contribution in [0.5, 0.6) is 0 Å². The lowest BCUT2D eigenvalue weighted by atomic mass is 10.1.